The number of benzene rings is 2. The van der Waals surface area contributed by atoms with Crippen LogP contribution in [0.1, 0.15) is 36.1 Å². The summed E-state index contributed by atoms with van der Waals surface area (Å²) in [5.74, 6) is -0.448. The molecule has 4 rings (SSSR count). The Labute approximate surface area is 153 Å². The van der Waals surface area contributed by atoms with Crippen molar-refractivity contribution in [3.63, 3.8) is 0 Å². The Balaban J connectivity index is 2.14. The van der Waals surface area contributed by atoms with Crippen LogP contribution >= 0.6 is 0 Å². The van der Waals surface area contributed by atoms with E-state index in [-0.39, 0.29) is 5.56 Å². The second-order valence-corrected chi connectivity index (χ2v) is 7.46. The summed E-state index contributed by atoms with van der Waals surface area (Å²) in [5.41, 5.74) is 7.15. The number of halogens is 1. The highest BCUT2D eigenvalue weighted by molar-refractivity contribution is 5.89. The van der Waals surface area contributed by atoms with Crippen molar-refractivity contribution in [3.8, 4) is 28.5 Å². The number of nitrogens with zero attached hydrogens (tertiary/aromatic N) is 2. The third-order valence-electron chi connectivity index (χ3n) is 5.53. The molecule has 0 unspecified atom stereocenters. The van der Waals surface area contributed by atoms with Crippen molar-refractivity contribution in [2.45, 2.75) is 26.2 Å². The maximum atomic E-state index is 14.4. The van der Waals surface area contributed by atoms with Crippen molar-refractivity contribution in [1.29, 1.82) is 5.26 Å². The Bertz CT molecular complexity index is 1100. The molecule has 1 aromatic heterocycles. The fraction of sp³-hybridized carbons (Fsp3) is 0.217. The average Bonchev–Trinajstić information content (AvgIpc) is 2.84. The maximum Gasteiger partial charge on any atom is 0.212 e. The number of aryl methyl sites for hydroxylation is 2. The van der Waals surface area contributed by atoms with E-state index in [1.165, 1.54) is 11.6 Å². The fourth-order valence-electron chi connectivity index (χ4n) is 4.38. The second kappa shape index (κ2) is 5.51. The minimum Gasteiger partial charge on any atom is -0.206 e. The Kier molecular flexibility index (Phi) is 3.49. The van der Waals surface area contributed by atoms with Crippen LogP contribution in [0.5, 0.6) is 0 Å². The van der Waals surface area contributed by atoms with Gasteiger partial charge in [-0.05, 0) is 46.9 Å². The zero-order chi connectivity index (χ0) is 18.6. The van der Waals surface area contributed by atoms with Crippen LogP contribution in [0, 0.1) is 24.1 Å². The van der Waals surface area contributed by atoms with Gasteiger partial charge in [0.05, 0.1) is 11.1 Å². The van der Waals surface area contributed by atoms with Crippen LogP contribution in [0.3, 0.4) is 0 Å². The van der Waals surface area contributed by atoms with Gasteiger partial charge in [-0.15, -0.1) is 0 Å². The van der Waals surface area contributed by atoms with Gasteiger partial charge < -0.3 is 0 Å². The number of nitriles is 1. The molecule has 0 aliphatic heterocycles. The normalized spacial score (nSPS) is 13.8. The van der Waals surface area contributed by atoms with E-state index in [1.807, 2.05) is 31.4 Å². The molecule has 0 N–H and O–H groups in total. The molecule has 0 saturated heterocycles. The quantitative estimate of drug-likeness (QED) is 0.583. The lowest BCUT2D eigenvalue weighted by Crippen LogP contribution is -2.31. The fourth-order valence-corrected chi connectivity index (χ4v) is 4.38. The molecule has 26 heavy (non-hydrogen) atoms. The Morgan fingerprint density at radius 3 is 2.38 bits per heavy atom. The maximum absolute atomic E-state index is 14.4. The zero-order valence-corrected chi connectivity index (χ0v) is 15.4. The van der Waals surface area contributed by atoms with E-state index < -0.39 is 11.2 Å². The van der Waals surface area contributed by atoms with Crippen molar-refractivity contribution < 1.29 is 8.96 Å². The smallest absolute Gasteiger partial charge is 0.206 e. The molecule has 0 amide bonds. The molecule has 0 radical (unpaired) electrons. The van der Waals surface area contributed by atoms with Crippen LogP contribution in [-0.4, -0.2) is 0 Å². The van der Waals surface area contributed by atoms with Gasteiger partial charge in [-0.2, -0.15) is 5.26 Å². The van der Waals surface area contributed by atoms with Crippen LogP contribution in [0.25, 0.3) is 22.4 Å². The summed E-state index contributed by atoms with van der Waals surface area (Å²) < 4.78 is 16.5. The van der Waals surface area contributed by atoms with E-state index in [1.54, 1.807) is 0 Å². The van der Waals surface area contributed by atoms with Crippen molar-refractivity contribution in [2.75, 3.05) is 0 Å². The van der Waals surface area contributed by atoms with Gasteiger partial charge in [0.2, 0.25) is 5.69 Å². The topological polar surface area (TPSA) is 27.7 Å². The molecule has 3 aromatic rings. The van der Waals surface area contributed by atoms with Crippen molar-refractivity contribution in [1.82, 2.24) is 0 Å². The lowest BCUT2D eigenvalue weighted by atomic mass is 9.77. The number of fused-ring (bicyclic) bond motifs is 3. The first-order valence-electron chi connectivity index (χ1n) is 8.70. The lowest BCUT2D eigenvalue weighted by molar-refractivity contribution is -0.660. The Morgan fingerprint density at radius 2 is 1.69 bits per heavy atom. The summed E-state index contributed by atoms with van der Waals surface area (Å²) in [6, 6.07) is 15.7. The van der Waals surface area contributed by atoms with Crippen LogP contribution in [0.4, 0.5) is 4.39 Å². The molecular weight excluding hydrogens is 323 g/mol. The van der Waals surface area contributed by atoms with E-state index in [4.69, 9.17) is 0 Å². The average molecular weight is 343 g/mol. The zero-order valence-electron chi connectivity index (χ0n) is 15.4. The molecule has 2 nitrogen and oxygen atoms in total. The first-order valence-corrected chi connectivity index (χ1v) is 8.70. The molecule has 1 heterocycles. The number of hydrogen-bond acceptors (Lipinski definition) is 1. The number of hydrogen-bond donors (Lipinski definition) is 0. The summed E-state index contributed by atoms with van der Waals surface area (Å²) in [4.78, 5) is 0. The van der Waals surface area contributed by atoms with Crippen molar-refractivity contribution in [3.05, 3.63) is 76.7 Å². The second-order valence-electron chi connectivity index (χ2n) is 7.46. The van der Waals surface area contributed by atoms with Gasteiger partial charge in [-0.25, -0.2) is 8.96 Å². The SMILES string of the molecule is Cc1ccc2c(c1-c1cccc[n+]1C)C(C)(C)c1c-2ccc(F)c1C#N. The highest BCUT2D eigenvalue weighted by Gasteiger charge is 2.42. The van der Waals surface area contributed by atoms with E-state index >= 15 is 0 Å². The summed E-state index contributed by atoms with van der Waals surface area (Å²) >= 11 is 0. The molecule has 0 fully saturated rings. The lowest BCUT2D eigenvalue weighted by Gasteiger charge is -2.25. The molecule has 2 aromatic carbocycles. The standard InChI is InChI=1S/C23H20FN2/c1-14-8-9-16-15-10-11-18(24)17(13-25)21(15)23(2,3)22(16)20(14)19-7-5-6-12-26(19)4/h5-12H,1-4H3/q+1. The minimum absolute atomic E-state index is 0.157. The van der Waals surface area contributed by atoms with E-state index in [0.29, 0.717) is 0 Å². The highest BCUT2D eigenvalue weighted by atomic mass is 19.1. The molecule has 1 aliphatic carbocycles. The molecule has 0 spiro atoms. The number of pyridine rings is 1. The summed E-state index contributed by atoms with van der Waals surface area (Å²) in [5, 5.41) is 9.58. The largest absolute Gasteiger partial charge is 0.212 e. The molecule has 0 atom stereocenters. The van der Waals surface area contributed by atoms with Gasteiger partial charge in [-0.1, -0.05) is 32.0 Å². The third-order valence-corrected chi connectivity index (χ3v) is 5.53. The molecule has 3 heteroatoms. The monoisotopic (exact) mass is 343 g/mol. The van der Waals surface area contributed by atoms with Gasteiger partial charge in [0.15, 0.2) is 6.20 Å². The molecule has 0 bridgehead atoms. The number of rotatable bonds is 1. The minimum atomic E-state index is -0.456. The van der Waals surface area contributed by atoms with Gasteiger partial charge in [0.1, 0.15) is 18.9 Å². The van der Waals surface area contributed by atoms with Gasteiger partial charge >= 0.3 is 0 Å². The summed E-state index contributed by atoms with van der Waals surface area (Å²) in [6.45, 7) is 6.28. The highest BCUT2D eigenvalue weighted by Crippen LogP contribution is 2.53. The summed E-state index contributed by atoms with van der Waals surface area (Å²) in [7, 11) is 2.03. The molecular formula is C23H20FN2+. The van der Waals surface area contributed by atoms with E-state index in [9.17, 15) is 9.65 Å². The van der Waals surface area contributed by atoms with Gasteiger partial charge in [0.25, 0.3) is 0 Å². The van der Waals surface area contributed by atoms with Crippen LogP contribution < -0.4 is 4.57 Å². The molecule has 1 aliphatic rings. The van der Waals surface area contributed by atoms with Crippen molar-refractivity contribution >= 4 is 0 Å². The van der Waals surface area contributed by atoms with Crippen LogP contribution in [0.2, 0.25) is 0 Å². The van der Waals surface area contributed by atoms with Crippen molar-refractivity contribution in [2.24, 2.45) is 7.05 Å². The Hall–Kier alpha value is -2.99. The molecule has 0 saturated carbocycles. The predicted octanol–water partition coefficient (Wildman–Crippen LogP) is 4.80. The first kappa shape index (κ1) is 16.5. The van der Waals surface area contributed by atoms with E-state index in [2.05, 4.69) is 49.6 Å². The van der Waals surface area contributed by atoms with E-state index in [0.717, 1.165) is 33.5 Å². The third kappa shape index (κ3) is 2.05. The Morgan fingerprint density at radius 1 is 1.00 bits per heavy atom. The summed E-state index contributed by atoms with van der Waals surface area (Å²) in [6.07, 6.45) is 2.03. The van der Waals surface area contributed by atoms with Gasteiger partial charge in [-0.3, -0.25) is 0 Å². The van der Waals surface area contributed by atoms with Crippen LogP contribution in [0.15, 0.2) is 48.7 Å². The number of aromatic nitrogens is 1. The molecule has 128 valence electrons. The first-order chi connectivity index (χ1) is 12.4. The van der Waals surface area contributed by atoms with Crippen LogP contribution in [-0.2, 0) is 12.5 Å². The predicted molar refractivity (Wildman–Crippen MR) is 100 cm³/mol. The van der Waals surface area contributed by atoms with Gasteiger partial charge in [0, 0.05) is 17.5 Å².